The van der Waals surface area contributed by atoms with Gasteiger partial charge in [0, 0.05) is 11.9 Å². The molecule has 4 rings (SSSR count). The largest absolute Gasteiger partial charge is 0.493 e. The molecule has 0 amide bonds. The third-order valence-corrected chi connectivity index (χ3v) is 4.06. The molecular formula is C17H13FN4O3S. The first-order valence-electron chi connectivity index (χ1n) is 7.68. The highest BCUT2D eigenvalue weighted by Crippen LogP contribution is 2.35. The molecule has 0 spiro atoms. The molecule has 0 bridgehead atoms. The van der Waals surface area contributed by atoms with Crippen LogP contribution in [-0.2, 0) is 6.54 Å². The Morgan fingerprint density at radius 1 is 1.23 bits per heavy atom. The van der Waals surface area contributed by atoms with Gasteiger partial charge in [-0.1, -0.05) is 6.07 Å². The fourth-order valence-electron chi connectivity index (χ4n) is 2.60. The molecule has 1 aliphatic rings. The zero-order chi connectivity index (χ0) is 18.1. The zero-order valence-electron chi connectivity index (χ0n) is 13.3. The molecule has 0 radical (unpaired) electrons. The average Bonchev–Trinajstić information content (AvgIpc) is 3.20. The van der Waals surface area contributed by atoms with Crippen molar-refractivity contribution in [1.82, 2.24) is 10.3 Å². The van der Waals surface area contributed by atoms with Gasteiger partial charge in [0.15, 0.2) is 17.2 Å². The third-order valence-electron chi connectivity index (χ3n) is 3.84. The summed E-state index contributed by atoms with van der Waals surface area (Å²) < 4.78 is 23.8. The van der Waals surface area contributed by atoms with E-state index in [4.69, 9.17) is 21.7 Å². The van der Waals surface area contributed by atoms with E-state index in [0.29, 0.717) is 28.9 Å². The maximum absolute atomic E-state index is 13.2. The molecule has 1 aromatic heterocycles. The van der Waals surface area contributed by atoms with Gasteiger partial charge in [-0.15, -0.1) is 10.2 Å². The van der Waals surface area contributed by atoms with Crippen molar-refractivity contribution in [3.05, 3.63) is 47.8 Å². The van der Waals surface area contributed by atoms with Crippen LogP contribution in [0.3, 0.4) is 0 Å². The van der Waals surface area contributed by atoms with E-state index in [1.165, 1.54) is 18.2 Å². The van der Waals surface area contributed by atoms with Crippen molar-refractivity contribution >= 4 is 33.9 Å². The Labute approximate surface area is 152 Å². The number of halogens is 1. The van der Waals surface area contributed by atoms with E-state index in [-0.39, 0.29) is 23.5 Å². The van der Waals surface area contributed by atoms with Crippen LogP contribution in [0.25, 0.3) is 10.9 Å². The number of hydrogen-bond acceptors (Lipinski definition) is 5. The minimum absolute atomic E-state index is 0.151. The van der Waals surface area contributed by atoms with Crippen molar-refractivity contribution in [2.24, 2.45) is 10.2 Å². The Morgan fingerprint density at radius 3 is 2.96 bits per heavy atom. The van der Waals surface area contributed by atoms with Crippen molar-refractivity contribution in [3.63, 3.8) is 0 Å². The van der Waals surface area contributed by atoms with E-state index in [0.717, 1.165) is 5.56 Å². The van der Waals surface area contributed by atoms with Crippen molar-refractivity contribution < 1.29 is 19.0 Å². The summed E-state index contributed by atoms with van der Waals surface area (Å²) in [6.45, 7) is 0.649. The van der Waals surface area contributed by atoms with Gasteiger partial charge in [-0.2, -0.15) is 0 Å². The lowest BCUT2D eigenvalue weighted by molar-refractivity contribution is 0.174. The van der Waals surface area contributed by atoms with Crippen LogP contribution in [0.15, 0.2) is 46.6 Å². The molecule has 0 atom stereocenters. The molecule has 0 unspecified atom stereocenters. The molecule has 0 saturated heterocycles. The lowest BCUT2D eigenvalue weighted by Gasteiger charge is -2.04. The molecule has 1 aliphatic heterocycles. The molecule has 7 nitrogen and oxygen atoms in total. The normalized spacial score (nSPS) is 12.8. The smallest absolute Gasteiger partial charge is 0.231 e. The van der Waals surface area contributed by atoms with Crippen LogP contribution in [0.5, 0.6) is 17.4 Å². The number of nitrogens with zero attached hydrogens (tertiary/aromatic N) is 2. The fourth-order valence-corrected chi connectivity index (χ4v) is 2.71. The van der Waals surface area contributed by atoms with Gasteiger partial charge in [0.1, 0.15) is 5.82 Å². The van der Waals surface area contributed by atoms with Gasteiger partial charge in [-0.05, 0) is 48.1 Å². The predicted octanol–water partition coefficient (Wildman–Crippen LogP) is 3.90. The van der Waals surface area contributed by atoms with Gasteiger partial charge in [-0.25, -0.2) is 4.39 Å². The summed E-state index contributed by atoms with van der Waals surface area (Å²) >= 11 is 5.13. The minimum Gasteiger partial charge on any atom is -0.493 e. The number of rotatable bonds is 3. The van der Waals surface area contributed by atoms with Crippen LogP contribution < -0.4 is 14.8 Å². The summed E-state index contributed by atoms with van der Waals surface area (Å²) in [6.07, 6.45) is 0. The van der Waals surface area contributed by atoms with Crippen LogP contribution >= 0.6 is 12.2 Å². The Morgan fingerprint density at radius 2 is 2.08 bits per heavy atom. The third kappa shape index (κ3) is 3.16. The maximum atomic E-state index is 13.2. The molecule has 0 aliphatic carbocycles. The Hall–Kier alpha value is -3.20. The van der Waals surface area contributed by atoms with Crippen LogP contribution in [0, 0.1) is 5.82 Å². The number of aromatic nitrogens is 1. The number of nitrogens with one attached hydrogen (secondary N) is 2. The van der Waals surface area contributed by atoms with E-state index in [1.54, 1.807) is 0 Å². The lowest BCUT2D eigenvalue weighted by Crippen LogP contribution is -2.18. The second-order valence-electron chi connectivity index (χ2n) is 5.56. The highest BCUT2D eigenvalue weighted by atomic mass is 32.1. The molecule has 132 valence electrons. The Balaban J connectivity index is 1.44. The van der Waals surface area contributed by atoms with E-state index in [1.807, 2.05) is 18.2 Å². The summed E-state index contributed by atoms with van der Waals surface area (Å²) in [4.78, 5) is 2.65. The number of azo groups is 1. The van der Waals surface area contributed by atoms with Gasteiger partial charge in [-0.3, -0.25) is 0 Å². The van der Waals surface area contributed by atoms with E-state index in [9.17, 15) is 9.50 Å². The van der Waals surface area contributed by atoms with E-state index in [2.05, 4.69) is 20.5 Å². The quantitative estimate of drug-likeness (QED) is 0.479. The van der Waals surface area contributed by atoms with Gasteiger partial charge in [0.25, 0.3) is 0 Å². The maximum Gasteiger partial charge on any atom is 0.231 e. The molecule has 26 heavy (non-hydrogen) atoms. The average molecular weight is 372 g/mol. The van der Waals surface area contributed by atoms with Crippen LogP contribution in [0.2, 0.25) is 0 Å². The molecule has 2 heterocycles. The van der Waals surface area contributed by atoms with E-state index >= 15 is 0 Å². The molecule has 3 N–H and O–H groups in total. The number of ether oxygens (including phenoxy) is 2. The number of thiocarbonyl (C=S) groups is 1. The van der Waals surface area contributed by atoms with E-state index < -0.39 is 5.82 Å². The number of aromatic amines is 1. The van der Waals surface area contributed by atoms with Crippen molar-refractivity contribution in [1.29, 1.82) is 0 Å². The van der Waals surface area contributed by atoms with Crippen LogP contribution in [0.4, 0.5) is 10.1 Å². The summed E-state index contributed by atoms with van der Waals surface area (Å²) in [5.41, 5.74) is 1.57. The number of hydrogen-bond donors (Lipinski definition) is 3. The number of fused-ring (bicyclic) bond motifs is 2. The fraction of sp³-hybridized carbons (Fsp3) is 0.118. The zero-order valence-corrected chi connectivity index (χ0v) is 14.1. The monoisotopic (exact) mass is 372 g/mol. The first kappa shape index (κ1) is 16.3. The predicted molar refractivity (Wildman–Crippen MR) is 96.4 cm³/mol. The molecular weight excluding hydrogens is 359 g/mol. The summed E-state index contributed by atoms with van der Waals surface area (Å²) in [6, 6.07) is 9.63. The molecule has 0 fully saturated rings. The lowest BCUT2D eigenvalue weighted by atomic mass is 10.2. The Bertz CT molecular complexity index is 1030. The van der Waals surface area contributed by atoms with Gasteiger partial charge in [0.05, 0.1) is 5.52 Å². The first-order chi connectivity index (χ1) is 12.6. The summed E-state index contributed by atoms with van der Waals surface area (Å²) in [7, 11) is 0. The number of H-pyrrole nitrogens is 1. The minimum atomic E-state index is -0.414. The van der Waals surface area contributed by atoms with Gasteiger partial charge >= 0.3 is 0 Å². The summed E-state index contributed by atoms with van der Waals surface area (Å²) in [5.74, 6) is 0.783. The topological polar surface area (TPSA) is 91.2 Å². The van der Waals surface area contributed by atoms with Crippen molar-refractivity contribution in [2.75, 3.05) is 6.79 Å². The standard InChI is InChI=1S/C17H13FN4O3S/c18-10-2-3-11-12(6-10)20-16(23)15(11)21-22-17(26)19-7-9-1-4-13-14(5-9)25-8-24-13/h1-6,20,23H,7-8H2,(H,19,26). The second kappa shape index (κ2) is 6.60. The first-order valence-corrected chi connectivity index (χ1v) is 8.09. The van der Waals surface area contributed by atoms with Gasteiger partial charge in [0.2, 0.25) is 17.8 Å². The SMILES string of the molecule is Oc1[nH]c2cc(F)ccc2c1N=NC(=S)NCc1ccc2c(c1)OCO2. The highest BCUT2D eigenvalue weighted by Gasteiger charge is 2.13. The number of benzene rings is 2. The molecule has 3 aromatic rings. The second-order valence-corrected chi connectivity index (χ2v) is 5.95. The highest BCUT2D eigenvalue weighted by molar-refractivity contribution is 7.80. The van der Waals surface area contributed by atoms with Crippen LogP contribution in [0.1, 0.15) is 5.56 Å². The van der Waals surface area contributed by atoms with Crippen molar-refractivity contribution in [2.45, 2.75) is 6.54 Å². The molecule has 9 heteroatoms. The Kier molecular flexibility index (Phi) is 4.13. The molecule has 2 aromatic carbocycles. The van der Waals surface area contributed by atoms with Crippen LogP contribution in [-0.4, -0.2) is 22.0 Å². The van der Waals surface area contributed by atoms with Crippen molar-refractivity contribution in [3.8, 4) is 17.4 Å². The summed E-state index contributed by atoms with van der Waals surface area (Å²) in [5, 5.41) is 21.4. The van der Waals surface area contributed by atoms with Gasteiger partial charge < -0.3 is 24.9 Å². The molecule has 0 saturated carbocycles. The number of aromatic hydroxyl groups is 1.